The third kappa shape index (κ3) is 3.49. The van der Waals surface area contributed by atoms with Crippen LogP contribution in [0.25, 0.3) is 0 Å². The Bertz CT molecular complexity index is 461. The van der Waals surface area contributed by atoms with Gasteiger partial charge in [-0.1, -0.05) is 13.8 Å². The second kappa shape index (κ2) is 7.04. The van der Waals surface area contributed by atoms with Crippen LogP contribution in [0.4, 0.5) is 5.13 Å². The molecule has 0 fully saturated rings. The fraction of sp³-hybridized carbons (Fsp3) is 0.714. The van der Waals surface area contributed by atoms with Crippen molar-refractivity contribution in [3.8, 4) is 0 Å². The summed E-state index contributed by atoms with van der Waals surface area (Å²) in [5.41, 5.74) is 0.783. The number of carboxylic acids is 1. The van der Waals surface area contributed by atoms with E-state index in [-0.39, 0.29) is 0 Å². The molecule has 6 heteroatoms. The summed E-state index contributed by atoms with van der Waals surface area (Å²) in [6.45, 7) is 8.39. The van der Waals surface area contributed by atoms with Crippen LogP contribution in [-0.2, 0) is 11.2 Å². The minimum atomic E-state index is -0.749. The molecule has 0 saturated heterocycles. The van der Waals surface area contributed by atoms with Gasteiger partial charge in [-0.3, -0.25) is 4.79 Å². The number of thiazole rings is 1. The average molecular weight is 297 g/mol. The van der Waals surface area contributed by atoms with E-state index in [2.05, 4.69) is 29.0 Å². The monoisotopic (exact) mass is 297 g/mol. The molecule has 112 valence electrons. The second-order valence-corrected chi connectivity index (χ2v) is 6.20. The number of fused-ring (bicyclic) bond motifs is 1. The van der Waals surface area contributed by atoms with Crippen molar-refractivity contribution < 1.29 is 9.90 Å². The number of aliphatic carboxylic acids is 1. The van der Waals surface area contributed by atoms with E-state index >= 15 is 0 Å². The molecule has 1 unspecified atom stereocenters. The average Bonchev–Trinajstić information content (AvgIpc) is 2.96. The smallest absolute Gasteiger partial charge is 0.312 e. The van der Waals surface area contributed by atoms with Gasteiger partial charge in [-0.05, 0) is 32.4 Å². The molecule has 1 aromatic heterocycles. The Morgan fingerprint density at radius 3 is 2.95 bits per heavy atom. The van der Waals surface area contributed by atoms with E-state index in [0.717, 1.165) is 48.3 Å². The number of carboxylic acid groups (broad SMARTS) is 1. The van der Waals surface area contributed by atoms with Gasteiger partial charge in [-0.25, -0.2) is 4.98 Å². The lowest BCUT2D eigenvalue weighted by molar-refractivity contribution is -0.138. The van der Waals surface area contributed by atoms with Gasteiger partial charge in [0.05, 0.1) is 5.69 Å². The van der Waals surface area contributed by atoms with Crippen molar-refractivity contribution in [2.75, 3.05) is 31.5 Å². The molecule has 0 bridgehead atoms. The maximum atomic E-state index is 11.1. The Kier molecular flexibility index (Phi) is 5.37. The summed E-state index contributed by atoms with van der Waals surface area (Å²) in [5.74, 6) is -1.15. The van der Waals surface area contributed by atoms with Crippen LogP contribution in [-0.4, -0.2) is 47.1 Å². The minimum absolute atomic E-state index is 0.399. The molecule has 0 amide bonds. The van der Waals surface area contributed by atoms with Gasteiger partial charge >= 0.3 is 5.97 Å². The molecule has 1 aliphatic carbocycles. The third-order valence-corrected chi connectivity index (χ3v) is 4.80. The first-order chi connectivity index (χ1) is 9.65. The van der Waals surface area contributed by atoms with Crippen molar-refractivity contribution >= 4 is 22.4 Å². The van der Waals surface area contributed by atoms with Crippen molar-refractivity contribution in [2.45, 2.75) is 39.0 Å². The number of rotatable bonds is 8. The molecule has 1 atom stereocenters. The molecule has 0 aromatic carbocycles. The summed E-state index contributed by atoms with van der Waals surface area (Å²) in [4.78, 5) is 19.1. The van der Waals surface area contributed by atoms with Crippen LogP contribution >= 0.6 is 11.3 Å². The maximum Gasteiger partial charge on any atom is 0.312 e. The van der Waals surface area contributed by atoms with Crippen LogP contribution in [0.5, 0.6) is 0 Å². The summed E-state index contributed by atoms with van der Waals surface area (Å²) in [6, 6.07) is 0. The van der Waals surface area contributed by atoms with E-state index in [9.17, 15) is 4.79 Å². The molecular weight excluding hydrogens is 274 g/mol. The summed E-state index contributed by atoms with van der Waals surface area (Å²) >= 11 is 1.61. The lowest BCUT2D eigenvalue weighted by Gasteiger charge is -2.19. The lowest BCUT2D eigenvalue weighted by Crippen LogP contribution is -2.29. The molecule has 0 aliphatic heterocycles. The molecule has 1 aliphatic rings. The number of hydrogen-bond acceptors (Lipinski definition) is 5. The highest BCUT2D eigenvalue weighted by atomic mass is 32.1. The Labute approximate surface area is 124 Å². The van der Waals surface area contributed by atoms with E-state index in [4.69, 9.17) is 5.11 Å². The molecule has 1 aromatic rings. The van der Waals surface area contributed by atoms with Crippen molar-refractivity contribution in [1.82, 2.24) is 9.88 Å². The van der Waals surface area contributed by atoms with Crippen molar-refractivity contribution in [2.24, 2.45) is 0 Å². The highest BCUT2D eigenvalue weighted by Gasteiger charge is 2.32. The van der Waals surface area contributed by atoms with Gasteiger partial charge < -0.3 is 15.3 Å². The van der Waals surface area contributed by atoms with Crippen molar-refractivity contribution in [3.05, 3.63) is 10.6 Å². The number of nitrogens with one attached hydrogen (secondary N) is 1. The van der Waals surface area contributed by atoms with Gasteiger partial charge in [0.15, 0.2) is 5.13 Å². The van der Waals surface area contributed by atoms with E-state index in [1.807, 2.05) is 0 Å². The van der Waals surface area contributed by atoms with Crippen LogP contribution in [0.15, 0.2) is 0 Å². The van der Waals surface area contributed by atoms with Crippen LogP contribution in [0.2, 0.25) is 0 Å². The number of carbonyl (C=O) groups is 1. The number of hydrogen-bond donors (Lipinski definition) is 2. The zero-order valence-corrected chi connectivity index (χ0v) is 13.0. The molecule has 2 N–H and O–H groups in total. The summed E-state index contributed by atoms with van der Waals surface area (Å²) < 4.78 is 0. The first-order valence-corrected chi connectivity index (χ1v) is 8.16. The first-order valence-electron chi connectivity index (χ1n) is 7.34. The molecule has 1 heterocycles. The second-order valence-electron chi connectivity index (χ2n) is 5.12. The Morgan fingerprint density at radius 2 is 2.30 bits per heavy atom. The summed E-state index contributed by atoms with van der Waals surface area (Å²) in [7, 11) is 0. The van der Waals surface area contributed by atoms with Gasteiger partial charge in [0.1, 0.15) is 5.92 Å². The van der Waals surface area contributed by atoms with Gasteiger partial charge in [-0.2, -0.15) is 0 Å². The Hall–Kier alpha value is -1.14. The quantitative estimate of drug-likeness (QED) is 0.771. The lowest BCUT2D eigenvalue weighted by atomic mass is 10.1. The summed E-state index contributed by atoms with van der Waals surface area (Å²) in [5, 5.41) is 13.3. The summed E-state index contributed by atoms with van der Waals surface area (Å²) in [6.07, 6.45) is 2.71. The van der Waals surface area contributed by atoms with Crippen LogP contribution in [0, 0.1) is 0 Å². The zero-order valence-electron chi connectivity index (χ0n) is 12.2. The molecule has 5 nitrogen and oxygen atoms in total. The number of likely N-dealkylation sites (N-methyl/N-ethyl adjacent to an activating group) is 1. The fourth-order valence-corrected chi connectivity index (χ4v) is 3.67. The van der Waals surface area contributed by atoms with Crippen LogP contribution in [0.3, 0.4) is 0 Å². The molecule has 0 saturated carbocycles. The Morgan fingerprint density at radius 1 is 1.50 bits per heavy atom. The molecule has 0 spiro atoms. The molecule has 2 rings (SSSR count). The predicted molar refractivity (Wildman–Crippen MR) is 81.7 cm³/mol. The van der Waals surface area contributed by atoms with Crippen LogP contribution in [0.1, 0.15) is 43.2 Å². The molecule has 0 radical (unpaired) electrons. The highest BCUT2D eigenvalue weighted by molar-refractivity contribution is 7.15. The van der Waals surface area contributed by atoms with Gasteiger partial charge in [0.2, 0.25) is 0 Å². The van der Waals surface area contributed by atoms with E-state index in [1.165, 1.54) is 6.42 Å². The van der Waals surface area contributed by atoms with Gasteiger partial charge in [0, 0.05) is 18.0 Å². The van der Waals surface area contributed by atoms with Crippen LogP contribution < -0.4 is 5.32 Å². The van der Waals surface area contributed by atoms with Crippen molar-refractivity contribution in [1.29, 1.82) is 0 Å². The topological polar surface area (TPSA) is 65.5 Å². The number of anilines is 1. The normalized spacial score (nSPS) is 17.4. The van der Waals surface area contributed by atoms with E-state index in [0.29, 0.717) is 6.42 Å². The highest BCUT2D eigenvalue weighted by Crippen LogP contribution is 2.38. The largest absolute Gasteiger partial charge is 0.481 e. The van der Waals surface area contributed by atoms with E-state index < -0.39 is 11.9 Å². The predicted octanol–water partition coefficient (Wildman–Crippen LogP) is 2.40. The number of aryl methyl sites for hydroxylation is 1. The number of aromatic nitrogens is 1. The Balaban J connectivity index is 1.86. The third-order valence-electron chi connectivity index (χ3n) is 3.71. The van der Waals surface area contributed by atoms with Gasteiger partial charge in [0.25, 0.3) is 0 Å². The maximum absolute atomic E-state index is 11.1. The van der Waals surface area contributed by atoms with E-state index in [1.54, 1.807) is 11.3 Å². The number of nitrogens with zero attached hydrogens (tertiary/aromatic N) is 2. The first kappa shape index (κ1) is 15.3. The SMILES string of the molecule is CCCN(CC)CCNc1nc2c(s1)CCC2C(=O)O. The fourth-order valence-electron chi connectivity index (χ4n) is 2.61. The molecular formula is C14H23N3O2S. The molecule has 20 heavy (non-hydrogen) atoms. The van der Waals surface area contributed by atoms with Gasteiger partial charge in [-0.15, -0.1) is 11.3 Å². The standard InChI is InChI=1S/C14H23N3O2S/c1-3-8-17(4-2)9-7-15-14-16-12-10(13(18)19)5-6-11(12)20-14/h10H,3-9H2,1-2H3,(H,15,16)(H,18,19). The zero-order chi connectivity index (χ0) is 14.5. The minimum Gasteiger partial charge on any atom is -0.481 e. The van der Waals surface area contributed by atoms with Crippen molar-refractivity contribution in [3.63, 3.8) is 0 Å².